The Morgan fingerprint density at radius 2 is 1.78 bits per heavy atom. The Balaban J connectivity index is 1.22. The monoisotopic (exact) mass is 428 g/mol. The van der Waals surface area contributed by atoms with Crippen LogP contribution in [-0.2, 0) is 17.7 Å². The van der Waals surface area contributed by atoms with Crippen molar-refractivity contribution in [2.45, 2.75) is 12.8 Å². The van der Waals surface area contributed by atoms with E-state index >= 15 is 0 Å². The Bertz CT molecular complexity index is 1310. The minimum Gasteiger partial charge on any atom is -0.383 e. The van der Waals surface area contributed by atoms with E-state index in [2.05, 4.69) is 25.9 Å². The van der Waals surface area contributed by atoms with Crippen molar-refractivity contribution in [2.24, 2.45) is 0 Å². The number of rotatable bonds is 5. The normalized spacial score (nSPS) is 12.4. The lowest BCUT2D eigenvalue weighted by Gasteiger charge is -2.16. The third-order valence-corrected chi connectivity index (χ3v) is 5.14. The van der Waals surface area contributed by atoms with Crippen LogP contribution < -0.4 is 27.6 Å². The molecule has 0 spiro atoms. The van der Waals surface area contributed by atoms with Gasteiger partial charge in [-0.3, -0.25) is 5.43 Å². The van der Waals surface area contributed by atoms with Crippen molar-refractivity contribution < 1.29 is 9.63 Å². The van der Waals surface area contributed by atoms with E-state index in [4.69, 9.17) is 16.3 Å². The van der Waals surface area contributed by atoms with Crippen molar-refractivity contribution in [3.8, 4) is 0 Å². The molecule has 3 heterocycles. The zero-order chi connectivity index (χ0) is 22.1. The molecule has 32 heavy (non-hydrogen) atoms. The first-order valence-electron chi connectivity index (χ1n) is 9.96. The number of nitrogens with zero attached hydrogens (tertiary/aromatic N) is 4. The van der Waals surface area contributed by atoms with Gasteiger partial charge in [0, 0.05) is 6.20 Å². The van der Waals surface area contributed by atoms with Crippen molar-refractivity contribution >= 4 is 40.1 Å². The van der Waals surface area contributed by atoms with Crippen molar-refractivity contribution in [2.75, 3.05) is 22.1 Å². The Morgan fingerprint density at radius 1 is 1.00 bits per heavy atom. The lowest BCUT2D eigenvalue weighted by molar-refractivity contribution is 0.0414. The summed E-state index contributed by atoms with van der Waals surface area (Å²) < 4.78 is 0. The van der Waals surface area contributed by atoms with Crippen LogP contribution in [0.25, 0.3) is 11.0 Å². The summed E-state index contributed by atoms with van der Waals surface area (Å²) in [6, 6.07) is 16.7. The predicted octanol–water partition coefficient (Wildman–Crippen LogP) is 2.40. The van der Waals surface area contributed by atoms with Crippen LogP contribution in [0.5, 0.6) is 0 Å². The number of hydrazine groups is 2. The second-order valence-corrected chi connectivity index (χ2v) is 7.31. The van der Waals surface area contributed by atoms with Crippen molar-refractivity contribution in [1.82, 2.24) is 20.5 Å². The van der Waals surface area contributed by atoms with Gasteiger partial charge >= 0.3 is 5.97 Å². The largest absolute Gasteiger partial charge is 0.383 e. The minimum absolute atomic E-state index is 0.106. The van der Waals surface area contributed by atoms with E-state index < -0.39 is 5.97 Å². The van der Waals surface area contributed by atoms with Crippen molar-refractivity contribution in [3.63, 3.8) is 0 Å². The highest BCUT2D eigenvalue weighted by molar-refractivity contribution is 5.90. The molecular weight excluding hydrogens is 408 g/mol. The van der Waals surface area contributed by atoms with E-state index in [0.29, 0.717) is 22.4 Å². The molecule has 160 valence electrons. The minimum atomic E-state index is -0.462. The van der Waals surface area contributed by atoms with Crippen LogP contribution in [0.2, 0.25) is 0 Å². The van der Waals surface area contributed by atoms with Crippen molar-refractivity contribution in [3.05, 3.63) is 77.5 Å². The molecule has 1 aliphatic rings. The standard InChI is InChI=1S/C22H20N8O2/c23-19-16-11-14(12-25-20(16)27-22(24)26-19)6-5-13-7-9-15(10-8-13)21(31)32-30-18-4-2-1-3-17(18)28-29-30/h1-4,7-12,28-29H,5-6H2,(H4,23,24,25,26,27). The number of nitrogens with one attached hydrogen (secondary N) is 2. The highest BCUT2D eigenvalue weighted by Gasteiger charge is 2.22. The lowest BCUT2D eigenvalue weighted by atomic mass is 10.0. The van der Waals surface area contributed by atoms with Gasteiger partial charge in [0.1, 0.15) is 11.5 Å². The van der Waals surface area contributed by atoms with E-state index in [0.717, 1.165) is 35.3 Å². The molecule has 0 atom stereocenters. The molecule has 10 heteroatoms. The van der Waals surface area contributed by atoms with E-state index in [9.17, 15) is 4.79 Å². The summed E-state index contributed by atoms with van der Waals surface area (Å²) in [5.41, 5.74) is 21.9. The van der Waals surface area contributed by atoms with Crippen LogP contribution in [0.3, 0.4) is 0 Å². The maximum atomic E-state index is 12.5. The van der Waals surface area contributed by atoms with Gasteiger partial charge in [-0.2, -0.15) is 9.97 Å². The molecule has 0 fully saturated rings. The number of hydrogen-bond donors (Lipinski definition) is 4. The number of aromatic nitrogens is 3. The topological polar surface area (TPSA) is 144 Å². The molecule has 5 rings (SSSR count). The molecule has 0 bridgehead atoms. The lowest BCUT2D eigenvalue weighted by Crippen LogP contribution is -2.37. The molecule has 0 saturated carbocycles. The Kier molecular flexibility index (Phi) is 4.88. The third-order valence-electron chi connectivity index (χ3n) is 5.14. The highest BCUT2D eigenvalue weighted by atomic mass is 16.7. The average molecular weight is 428 g/mol. The van der Waals surface area contributed by atoms with Crippen molar-refractivity contribution in [1.29, 1.82) is 0 Å². The summed E-state index contributed by atoms with van der Waals surface area (Å²) in [4.78, 5) is 30.3. The number of hydrogen-bond acceptors (Lipinski definition) is 10. The Hall–Kier alpha value is -4.44. The number of fused-ring (bicyclic) bond motifs is 2. The third kappa shape index (κ3) is 3.82. The summed E-state index contributed by atoms with van der Waals surface area (Å²) in [5, 5.41) is 1.99. The number of carbonyl (C=O) groups is 1. The predicted molar refractivity (Wildman–Crippen MR) is 121 cm³/mol. The van der Waals surface area contributed by atoms with Crippen LogP contribution in [0.4, 0.5) is 23.1 Å². The first-order chi connectivity index (χ1) is 15.6. The van der Waals surface area contributed by atoms with Crippen LogP contribution in [0, 0.1) is 0 Å². The molecule has 6 N–H and O–H groups in total. The van der Waals surface area contributed by atoms with Gasteiger partial charge < -0.3 is 16.3 Å². The fraction of sp³-hybridized carbons (Fsp3) is 0.0909. The van der Waals surface area contributed by atoms with Gasteiger partial charge in [-0.1, -0.05) is 24.3 Å². The quantitative estimate of drug-likeness (QED) is 0.374. The molecular formula is C22H20N8O2. The molecule has 2 aromatic heterocycles. The second kappa shape index (κ2) is 8.00. The molecule has 4 aromatic rings. The van der Waals surface area contributed by atoms with Crippen LogP contribution in [0.1, 0.15) is 21.5 Å². The van der Waals surface area contributed by atoms with Gasteiger partial charge in [0.05, 0.1) is 16.6 Å². The molecule has 0 amide bonds. The van der Waals surface area contributed by atoms with E-state index in [-0.39, 0.29) is 5.95 Å². The molecule has 0 radical (unpaired) electrons. The van der Waals surface area contributed by atoms with Gasteiger partial charge in [0.25, 0.3) is 0 Å². The second-order valence-electron chi connectivity index (χ2n) is 7.31. The van der Waals surface area contributed by atoms with Gasteiger partial charge in [-0.05, 0) is 54.3 Å². The highest BCUT2D eigenvalue weighted by Crippen LogP contribution is 2.28. The van der Waals surface area contributed by atoms with Gasteiger partial charge in [0.15, 0.2) is 5.65 Å². The molecule has 10 nitrogen and oxygen atoms in total. The number of para-hydroxylation sites is 2. The van der Waals surface area contributed by atoms with E-state index in [1.807, 2.05) is 42.5 Å². The summed E-state index contributed by atoms with van der Waals surface area (Å²) >= 11 is 0. The number of pyridine rings is 1. The number of anilines is 4. The zero-order valence-corrected chi connectivity index (χ0v) is 16.9. The summed E-state index contributed by atoms with van der Waals surface area (Å²) in [6.45, 7) is 0. The van der Waals surface area contributed by atoms with E-state index in [1.165, 1.54) is 5.17 Å². The first-order valence-corrected chi connectivity index (χ1v) is 9.96. The maximum Gasteiger partial charge on any atom is 0.365 e. The number of nitrogen functional groups attached to an aromatic ring is 2. The fourth-order valence-electron chi connectivity index (χ4n) is 3.46. The van der Waals surface area contributed by atoms with Gasteiger partial charge in [0.2, 0.25) is 5.95 Å². The molecule has 0 aliphatic carbocycles. The van der Waals surface area contributed by atoms with Gasteiger partial charge in [-0.25, -0.2) is 9.78 Å². The molecule has 1 aliphatic heterocycles. The van der Waals surface area contributed by atoms with E-state index in [1.54, 1.807) is 18.3 Å². The Labute approximate surface area is 183 Å². The fourth-order valence-corrected chi connectivity index (χ4v) is 3.46. The number of carbonyl (C=O) groups excluding carboxylic acids is 1. The first kappa shape index (κ1) is 19.5. The number of nitrogens with two attached hydrogens (primary N) is 2. The van der Waals surface area contributed by atoms with Crippen LogP contribution in [0.15, 0.2) is 60.8 Å². The number of aryl methyl sites for hydroxylation is 2. The molecule has 2 aromatic carbocycles. The van der Waals surface area contributed by atoms with Gasteiger partial charge in [-0.15, -0.1) is 10.7 Å². The average Bonchev–Trinajstić information content (AvgIpc) is 3.21. The summed E-state index contributed by atoms with van der Waals surface area (Å²) in [5.74, 6) is -0.0408. The maximum absolute atomic E-state index is 12.5. The zero-order valence-electron chi connectivity index (χ0n) is 16.9. The van der Waals surface area contributed by atoms with Crippen LogP contribution >= 0.6 is 0 Å². The molecule has 0 saturated heterocycles. The number of benzene rings is 2. The SMILES string of the molecule is Nc1nc(N)c2cc(CCc3ccc(C(=O)ON4NNc5ccccc54)cc3)cnc2n1. The van der Waals surface area contributed by atoms with Crippen LogP contribution in [-0.4, -0.2) is 20.9 Å². The summed E-state index contributed by atoms with van der Waals surface area (Å²) in [6.07, 6.45) is 3.27. The Morgan fingerprint density at radius 3 is 2.62 bits per heavy atom. The smallest absolute Gasteiger partial charge is 0.365 e. The summed E-state index contributed by atoms with van der Waals surface area (Å²) in [7, 11) is 0. The molecule has 0 unspecified atom stereocenters.